The van der Waals surface area contributed by atoms with Crippen molar-refractivity contribution >= 4 is 49.1 Å². The lowest BCUT2D eigenvalue weighted by atomic mass is 10.2. The van der Waals surface area contributed by atoms with Crippen molar-refractivity contribution in [1.29, 1.82) is 5.26 Å². The first kappa shape index (κ1) is 15.6. The maximum atomic E-state index is 12.3. The third-order valence-corrected chi connectivity index (χ3v) is 4.55. The van der Waals surface area contributed by atoms with Gasteiger partial charge in [0.05, 0.1) is 11.3 Å². The summed E-state index contributed by atoms with van der Waals surface area (Å²) in [5.74, 6) is -0.147. The van der Waals surface area contributed by atoms with Crippen molar-refractivity contribution in [3.63, 3.8) is 0 Å². The average molecular weight is 388 g/mol. The highest BCUT2D eigenvalue weighted by Crippen LogP contribution is 2.26. The van der Waals surface area contributed by atoms with Gasteiger partial charge in [-0.25, -0.2) is 13.4 Å². The second kappa shape index (κ2) is 5.89. The van der Waals surface area contributed by atoms with Crippen LogP contribution in [0.1, 0.15) is 5.56 Å². The normalized spacial score (nSPS) is 10.9. The number of pyridine rings is 1. The molecule has 0 aliphatic heterocycles. The monoisotopic (exact) mass is 386 g/mol. The number of sulfonamides is 1. The standard InChI is InChI=1S/C12H8BrClN4O2S/c13-8-3-11(12(16)17-6-8)21(19,20)18-10-4-9(14)2-1-7(10)5-15/h1-4,6,18H,(H2,16,17). The van der Waals surface area contributed by atoms with Crippen molar-refractivity contribution in [2.75, 3.05) is 10.5 Å². The zero-order valence-corrected chi connectivity index (χ0v) is 13.5. The molecule has 9 heteroatoms. The number of hydrogen-bond acceptors (Lipinski definition) is 5. The minimum absolute atomic E-state index is 0.0735. The SMILES string of the molecule is N#Cc1ccc(Cl)cc1NS(=O)(=O)c1cc(Br)cnc1N. The van der Waals surface area contributed by atoms with Gasteiger partial charge in [0.15, 0.2) is 0 Å². The molecule has 0 unspecified atom stereocenters. The van der Waals surface area contributed by atoms with Crippen LogP contribution in [0.15, 0.2) is 39.8 Å². The van der Waals surface area contributed by atoms with Crippen molar-refractivity contribution in [1.82, 2.24) is 4.98 Å². The fourth-order valence-corrected chi connectivity index (χ4v) is 3.38. The molecule has 1 aromatic heterocycles. The fraction of sp³-hybridized carbons (Fsp3) is 0. The van der Waals surface area contributed by atoms with Crippen molar-refractivity contribution in [3.8, 4) is 6.07 Å². The van der Waals surface area contributed by atoms with Crippen LogP contribution in [-0.4, -0.2) is 13.4 Å². The highest BCUT2D eigenvalue weighted by molar-refractivity contribution is 9.10. The fourth-order valence-electron chi connectivity index (χ4n) is 1.54. The molecule has 1 heterocycles. The smallest absolute Gasteiger partial charge is 0.265 e. The number of anilines is 2. The average Bonchev–Trinajstić information content (AvgIpc) is 2.41. The highest BCUT2D eigenvalue weighted by Gasteiger charge is 2.20. The molecule has 0 aliphatic carbocycles. The third kappa shape index (κ3) is 3.44. The molecule has 0 radical (unpaired) electrons. The maximum absolute atomic E-state index is 12.3. The number of aromatic nitrogens is 1. The first-order valence-corrected chi connectivity index (χ1v) is 8.12. The maximum Gasteiger partial charge on any atom is 0.265 e. The molecule has 108 valence electrons. The number of rotatable bonds is 3. The van der Waals surface area contributed by atoms with Crippen LogP contribution in [0, 0.1) is 11.3 Å². The Labute approximate surface area is 134 Å². The third-order valence-electron chi connectivity index (χ3n) is 2.48. The Hall–Kier alpha value is -1.82. The molecule has 21 heavy (non-hydrogen) atoms. The Kier molecular flexibility index (Phi) is 4.37. The minimum atomic E-state index is -3.99. The molecule has 0 saturated carbocycles. The zero-order chi connectivity index (χ0) is 15.6. The molecule has 0 atom stereocenters. The first-order valence-electron chi connectivity index (χ1n) is 5.47. The summed E-state index contributed by atoms with van der Waals surface area (Å²) in [6, 6.07) is 7.46. The second-order valence-corrected chi connectivity index (χ2v) is 6.95. The van der Waals surface area contributed by atoms with Crippen LogP contribution in [0.3, 0.4) is 0 Å². The molecule has 0 aliphatic rings. The van der Waals surface area contributed by atoms with E-state index in [4.69, 9.17) is 22.6 Å². The summed E-state index contributed by atoms with van der Waals surface area (Å²) in [5, 5.41) is 9.30. The summed E-state index contributed by atoms with van der Waals surface area (Å²) in [4.78, 5) is 3.57. The number of nitrogens with two attached hydrogens (primary N) is 1. The largest absolute Gasteiger partial charge is 0.383 e. The Morgan fingerprint density at radius 1 is 1.38 bits per heavy atom. The molecular formula is C12H8BrClN4O2S. The van der Waals surface area contributed by atoms with E-state index in [0.717, 1.165) is 0 Å². The summed E-state index contributed by atoms with van der Waals surface area (Å²) in [7, 11) is -3.99. The van der Waals surface area contributed by atoms with Gasteiger partial charge >= 0.3 is 0 Å². The van der Waals surface area contributed by atoms with Gasteiger partial charge in [0, 0.05) is 15.7 Å². The van der Waals surface area contributed by atoms with Crippen LogP contribution in [-0.2, 0) is 10.0 Å². The van der Waals surface area contributed by atoms with Crippen molar-refractivity contribution in [3.05, 3.63) is 45.5 Å². The summed E-state index contributed by atoms with van der Waals surface area (Å²) in [6.07, 6.45) is 1.38. The van der Waals surface area contributed by atoms with E-state index < -0.39 is 10.0 Å². The number of hydrogen-bond donors (Lipinski definition) is 2. The van der Waals surface area contributed by atoms with E-state index in [2.05, 4.69) is 25.6 Å². The van der Waals surface area contributed by atoms with E-state index in [0.29, 0.717) is 9.50 Å². The van der Waals surface area contributed by atoms with Crippen molar-refractivity contribution in [2.45, 2.75) is 4.90 Å². The Morgan fingerprint density at radius 2 is 2.10 bits per heavy atom. The van der Waals surface area contributed by atoms with Crippen LogP contribution < -0.4 is 10.5 Å². The Bertz CT molecular complexity index is 849. The summed E-state index contributed by atoms with van der Waals surface area (Å²) in [6.45, 7) is 0. The zero-order valence-electron chi connectivity index (χ0n) is 10.3. The topological polar surface area (TPSA) is 109 Å². The molecule has 0 fully saturated rings. The van der Waals surface area contributed by atoms with Crippen LogP contribution >= 0.6 is 27.5 Å². The van der Waals surface area contributed by atoms with Crippen LogP contribution in [0.25, 0.3) is 0 Å². The van der Waals surface area contributed by atoms with Gasteiger partial charge in [-0.15, -0.1) is 0 Å². The molecule has 0 saturated heterocycles. The summed E-state index contributed by atoms with van der Waals surface area (Å²) >= 11 is 8.95. The lowest BCUT2D eigenvalue weighted by Gasteiger charge is -2.11. The molecule has 3 N–H and O–H groups in total. The van der Waals surface area contributed by atoms with E-state index in [9.17, 15) is 8.42 Å². The predicted molar refractivity (Wildman–Crippen MR) is 83.3 cm³/mol. The first-order chi connectivity index (χ1) is 9.83. The van der Waals surface area contributed by atoms with Gasteiger partial charge in [-0.05, 0) is 40.2 Å². The van der Waals surface area contributed by atoms with Gasteiger partial charge in [0.25, 0.3) is 10.0 Å². The highest BCUT2D eigenvalue weighted by atomic mass is 79.9. The van der Waals surface area contributed by atoms with Crippen LogP contribution in [0.5, 0.6) is 0 Å². The molecule has 2 aromatic rings. The number of halogens is 2. The molecule has 6 nitrogen and oxygen atoms in total. The van der Waals surface area contributed by atoms with Gasteiger partial charge in [-0.3, -0.25) is 4.72 Å². The van der Waals surface area contributed by atoms with Crippen molar-refractivity contribution < 1.29 is 8.42 Å². The Balaban J connectivity index is 2.50. The van der Waals surface area contributed by atoms with Gasteiger partial charge in [-0.1, -0.05) is 11.6 Å². The number of benzene rings is 1. The molecule has 0 amide bonds. The van der Waals surface area contributed by atoms with E-state index in [1.54, 1.807) is 0 Å². The quantitative estimate of drug-likeness (QED) is 0.841. The summed E-state index contributed by atoms with van der Waals surface area (Å²) < 4.78 is 27.4. The predicted octanol–water partition coefficient (Wildman–Crippen LogP) is 2.75. The number of nitriles is 1. The van der Waals surface area contributed by atoms with Gasteiger partial charge < -0.3 is 5.73 Å². The van der Waals surface area contributed by atoms with Gasteiger partial charge in [0.1, 0.15) is 16.8 Å². The number of nitrogens with zero attached hydrogens (tertiary/aromatic N) is 2. The van der Waals surface area contributed by atoms with Gasteiger partial charge in [-0.2, -0.15) is 5.26 Å². The number of nitrogens with one attached hydrogen (secondary N) is 1. The molecule has 1 aromatic carbocycles. The summed E-state index contributed by atoms with van der Waals surface area (Å²) in [5.41, 5.74) is 5.80. The van der Waals surface area contributed by atoms with E-state index in [1.807, 2.05) is 6.07 Å². The van der Waals surface area contributed by atoms with E-state index in [-0.39, 0.29) is 22.0 Å². The lowest BCUT2D eigenvalue weighted by Crippen LogP contribution is -2.16. The lowest BCUT2D eigenvalue weighted by molar-refractivity contribution is 0.601. The minimum Gasteiger partial charge on any atom is -0.383 e. The molecular weight excluding hydrogens is 380 g/mol. The molecule has 0 spiro atoms. The van der Waals surface area contributed by atoms with Crippen LogP contribution in [0.4, 0.5) is 11.5 Å². The second-order valence-electron chi connectivity index (χ2n) is 3.94. The number of nitrogen functional groups attached to an aromatic ring is 1. The van der Waals surface area contributed by atoms with E-state index >= 15 is 0 Å². The van der Waals surface area contributed by atoms with E-state index in [1.165, 1.54) is 30.5 Å². The van der Waals surface area contributed by atoms with Crippen molar-refractivity contribution in [2.24, 2.45) is 0 Å². The molecule has 0 bridgehead atoms. The molecule has 2 rings (SSSR count). The Morgan fingerprint density at radius 3 is 2.76 bits per heavy atom. The van der Waals surface area contributed by atoms with Gasteiger partial charge in [0.2, 0.25) is 0 Å². The van der Waals surface area contributed by atoms with Crippen LogP contribution in [0.2, 0.25) is 5.02 Å².